The maximum Gasteiger partial charge on any atom is 0.271 e. The molecule has 0 radical (unpaired) electrons. The summed E-state index contributed by atoms with van der Waals surface area (Å²) in [7, 11) is 0. The second kappa shape index (κ2) is 6.20. The number of anilines is 1. The van der Waals surface area contributed by atoms with Gasteiger partial charge in [-0.05, 0) is 37.7 Å². The number of halogens is 1. The van der Waals surface area contributed by atoms with Gasteiger partial charge in [0.25, 0.3) is 5.69 Å². The van der Waals surface area contributed by atoms with Gasteiger partial charge in [0, 0.05) is 31.8 Å². The average Bonchev–Trinajstić information content (AvgIpc) is 3.01. The van der Waals surface area contributed by atoms with E-state index >= 15 is 0 Å². The molecule has 3 rings (SSSR count). The number of hydrogen-bond donors (Lipinski definition) is 0. The molecular weight excluding hydrogens is 292 g/mol. The predicted octanol–water partition coefficient (Wildman–Crippen LogP) is 3.64. The summed E-state index contributed by atoms with van der Waals surface area (Å²) in [6.07, 6.45) is 4.98. The third-order valence-corrected chi connectivity index (χ3v) is 4.82. The molecule has 5 nitrogen and oxygen atoms in total. The molecule has 21 heavy (non-hydrogen) atoms. The molecule has 1 atom stereocenters. The fourth-order valence-electron chi connectivity index (χ4n) is 3.35. The molecule has 2 heterocycles. The molecular formula is C15H19ClN2O3. The lowest BCUT2D eigenvalue weighted by Gasteiger charge is -2.36. The highest BCUT2D eigenvalue weighted by atomic mass is 35.5. The van der Waals surface area contributed by atoms with Crippen molar-refractivity contribution in [3.8, 4) is 0 Å². The summed E-state index contributed by atoms with van der Waals surface area (Å²) in [6, 6.07) is 4.71. The predicted molar refractivity (Wildman–Crippen MR) is 82.0 cm³/mol. The number of rotatable bonds is 3. The van der Waals surface area contributed by atoms with Crippen molar-refractivity contribution in [2.45, 2.75) is 31.8 Å². The summed E-state index contributed by atoms with van der Waals surface area (Å²) in [5.41, 5.74) is 0.936. The van der Waals surface area contributed by atoms with Crippen LogP contribution in [0.1, 0.15) is 25.7 Å². The molecule has 2 aliphatic rings. The van der Waals surface area contributed by atoms with E-state index in [1.807, 2.05) is 0 Å². The zero-order chi connectivity index (χ0) is 14.8. The first-order valence-corrected chi connectivity index (χ1v) is 7.83. The molecule has 0 spiro atoms. The van der Waals surface area contributed by atoms with E-state index in [0.717, 1.165) is 38.2 Å². The van der Waals surface area contributed by atoms with Crippen LogP contribution in [0.25, 0.3) is 0 Å². The molecule has 0 N–H and O–H groups in total. The molecule has 0 amide bonds. The molecule has 2 fully saturated rings. The minimum atomic E-state index is -0.417. The topological polar surface area (TPSA) is 55.6 Å². The van der Waals surface area contributed by atoms with Crippen LogP contribution in [0.2, 0.25) is 5.02 Å². The van der Waals surface area contributed by atoms with E-state index in [0.29, 0.717) is 17.0 Å². The van der Waals surface area contributed by atoms with Gasteiger partial charge in [0.1, 0.15) is 0 Å². The van der Waals surface area contributed by atoms with Crippen molar-refractivity contribution in [2.24, 2.45) is 5.92 Å². The Balaban J connectivity index is 1.65. The molecule has 1 aromatic carbocycles. The zero-order valence-corrected chi connectivity index (χ0v) is 12.6. The number of piperidine rings is 1. The Labute approximate surface area is 129 Å². The van der Waals surface area contributed by atoms with E-state index in [2.05, 4.69) is 4.90 Å². The van der Waals surface area contributed by atoms with E-state index in [-0.39, 0.29) is 5.69 Å². The summed E-state index contributed by atoms with van der Waals surface area (Å²) < 4.78 is 5.78. The van der Waals surface area contributed by atoms with E-state index in [1.54, 1.807) is 6.07 Å². The van der Waals surface area contributed by atoms with Gasteiger partial charge >= 0.3 is 0 Å². The third kappa shape index (κ3) is 3.14. The molecule has 2 aliphatic heterocycles. The normalized spacial score (nSPS) is 23.5. The fourth-order valence-corrected chi connectivity index (χ4v) is 3.65. The largest absolute Gasteiger partial charge is 0.378 e. The van der Waals surface area contributed by atoms with Gasteiger partial charge in [0.05, 0.1) is 21.7 Å². The first-order valence-electron chi connectivity index (χ1n) is 7.45. The molecule has 114 valence electrons. The quantitative estimate of drug-likeness (QED) is 0.631. The first kappa shape index (κ1) is 14.6. The van der Waals surface area contributed by atoms with Gasteiger partial charge in [-0.1, -0.05) is 11.6 Å². The van der Waals surface area contributed by atoms with Crippen LogP contribution in [-0.4, -0.2) is 30.7 Å². The number of nitrogens with zero attached hydrogens (tertiary/aromatic N) is 2. The first-order chi connectivity index (χ1) is 10.1. The maximum absolute atomic E-state index is 10.8. The van der Waals surface area contributed by atoms with Crippen LogP contribution in [0, 0.1) is 16.0 Å². The summed E-state index contributed by atoms with van der Waals surface area (Å²) >= 11 is 6.20. The number of hydrogen-bond acceptors (Lipinski definition) is 4. The minimum absolute atomic E-state index is 0.0398. The van der Waals surface area contributed by atoms with E-state index in [1.165, 1.54) is 25.0 Å². The maximum atomic E-state index is 10.8. The number of ether oxygens (including phenoxy) is 1. The van der Waals surface area contributed by atoms with Crippen LogP contribution < -0.4 is 4.90 Å². The van der Waals surface area contributed by atoms with Crippen LogP contribution in [0.4, 0.5) is 11.4 Å². The van der Waals surface area contributed by atoms with E-state index < -0.39 is 4.92 Å². The summed E-state index contributed by atoms with van der Waals surface area (Å²) in [6.45, 7) is 2.77. The van der Waals surface area contributed by atoms with E-state index in [9.17, 15) is 10.1 Å². The van der Waals surface area contributed by atoms with Gasteiger partial charge < -0.3 is 9.64 Å². The van der Waals surface area contributed by atoms with Gasteiger partial charge in [-0.25, -0.2) is 0 Å². The Kier molecular flexibility index (Phi) is 4.31. The Bertz CT molecular complexity index is 524. The van der Waals surface area contributed by atoms with Crippen molar-refractivity contribution in [3.63, 3.8) is 0 Å². The number of nitro groups is 1. The summed E-state index contributed by atoms with van der Waals surface area (Å²) in [4.78, 5) is 12.6. The van der Waals surface area contributed by atoms with Crippen molar-refractivity contribution in [3.05, 3.63) is 33.3 Å². The average molecular weight is 311 g/mol. The Morgan fingerprint density at radius 2 is 2.05 bits per heavy atom. The van der Waals surface area contributed by atoms with Crippen molar-refractivity contribution in [2.75, 3.05) is 24.6 Å². The van der Waals surface area contributed by atoms with Crippen LogP contribution in [0.15, 0.2) is 18.2 Å². The van der Waals surface area contributed by atoms with Gasteiger partial charge in [-0.2, -0.15) is 0 Å². The van der Waals surface area contributed by atoms with Crippen LogP contribution in [0.5, 0.6) is 0 Å². The minimum Gasteiger partial charge on any atom is -0.378 e. The Morgan fingerprint density at radius 3 is 2.62 bits per heavy atom. The monoisotopic (exact) mass is 310 g/mol. The van der Waals surface area contributed by atoms with E-state index in [4.69, 9.17) is 16.3 Å². The van der Waals surface area contributed by atoms with Crippen molar-refractivity contribution in [1.29, 1.82) is 0 Å². The van der Waals surface area contributed by atoms with Crippen molar-refractivity contribution >= 4 is 23.0 Å². The zero-order valence-electron chi connectivity index (χ0n) is 11.8. The standard InChI is InChI=1S/C15H19ClN2O3/c16-13-10-12(18(19)20)3-4-14(13)17-7-5-11(6-8-17)15-2-1-9-21-15/h3-4,10-11,15H,1-2,5-9H2. The van der Waals surface area contributed by atoms with Crippen LogP contribution in [-0.2, 0) is 4.74 Å². The van der Waals surface area contributed by atoms with Gasteiger partial charge in [-0.15, -0.1) is 0 Å². The van der Waals surface area contributed by atoms with Gasteiger partial charge in [0.2, 0.25) is 0 Å². The number of nitro benzene ring substituents is 1. The highest BCUT2D eigenvalue weighted by Crippen LogP contribution is 2.35. The lowest BCUT2D eigenvalue weighted by Crippen LogP contribution is -2.37. The molecule has 1 aromatic rings. The highest BCUT2D eigenvalue weighted by Gasteiger charge is 2.30. The number of benzene rings is 1. The molecule has 1 unspecified atom stereocenters. The number of non-ortho nitro benzene ring substituents is 1. The van der Waals surface area contributed by atoms with Gasteiger partial charge in [0.15, 0.2) is 0 Å². The van der Waals surface area contributed by atoms with Crippen molar-refractivity contribution in [1.82, 2.24) is 0 Å². The SMILES string of the molecule is O=[N+]([O-])c1ccc(N2CCC(C3CCCO3)CC2)c(Cl)c1. The summed E-state index contributed by atoms with van der Waals surface area (Å²) in [5.74, 6) is 0.639. The molecule has 0 aromatic heterocycles. The summed E-state index contributed by atoms with van der Waals surface area (Å²) in [5, 5.41) is 11.2. The molecule has 2 saturated heterocycles. The fraction of sp³-hybridized carbons (Fsp3) is 0.600. The molecule has 6 heteroatoms. The Morgan fingerprint density at radius 1 is 1.29 bits per heavy atom. The molecule has 0 saturated carbocycles. The van der Waals surface area contributed by atoms with Crippen LogP contribution >= 0.6 is 11.6 Å². The van der Waals surface area contributed by atoms with Crippen LogP contribution in [0.3, 0.4) is 0 Å². The van der Waals surface area contributed by atoms with Gasteiger partial charge in [-0.3, -0.25) is 10.1 Å². The highest BCUT2D eigenvalue weighted by molar-refractivity contribution is 6.33. The van der Waals surface area contributed by atoms with Crippen molar-refractivity contribution < 1.29 is 9.66 Å². The molecule has 0 aliphatic carbocycles. The second-order valence-electron chi connectivity index (χ2n) is 5.77. The lowest BCUT2D eigenvalue weighted by atomic mass is 9.89. The lowest BCUT2D eigenvalue weighted by molar-refractivity contribution is -0.384. The Hall–Kier alpha value is -1.33. The third-order valence-electron chi connectivity index (χ3n) is 4.51. The smallest absolute Gasteiger partial charge is 0.271 e. The second-order valence-corrected chi connectivity index (χ2v) is 6.18. The molecule has 0 bridgehead atoms.